The van der Waals surface area contributed by atoms with Crippen LogP contribution in [0.3, 0.4) is 0 Å². The average molecular weight is 727 g/mol. The zero-order valence-electron chi connectivity index (χ0n) is 24.5. The van der Waals surface area contributed by atoms with Gasteiger partial charge in [-0.2, -0.15) is 0 Å². The Morgan fingerprint density at radius 2 is 1.80 bits per heavy atom. The number of rotatable bonds is 10. The highest BCUT2D eigenvalue weighted by atomic mass is 79.9. The van der Waals surface area contributed by atoms with Crippen LogP contribution in [0.15, 0.2) is 80.8 Å². The third kappa shape index (κ3) is 6.72. The number of hydrogen-bond donors (Lipinski definition) is 0. The van der Waals surface area contributed by atoms with Gasteiger partial charge in [-0.05, 0) is 106 Å². The molecule has 0 aliphatic carbocycles. The summed E-state index contributed by atoms with van der Waals surface area (Å²) in [7, 11) is 0. The molecule has 1 aliphatic heterocycles. The second-order valence-electron chi connectivity index (χ2n) is 10.3. The van der Waals surface area contributed by atoms with Crippen molar-refractivity contribution < 1.29 is 14.3 Å². The van der Waals surface area contributed by atoms with E-state index in [9.17, 15) is 9.59 Å². The maximum Gasteiger partial charge on any atom is 0.348 e. The fraction of sp³-hybridized carbons (Fsp3) is 0.273. The van der Waals surface area contributed by atoms with Gasteiger partial charge in [-0.15, -0.1) is 34.0 Å². The Morgan fingerprint density at radius 1 is 0.977 bits per heavy atom. The zero-order chi connectivity index (χ0) is 30.6. The van der Waals surface area contributed by atoms with Gasteiger partial charge in [0, 0.05) is 58.1 Å². The lowest BCUT2D eigenvalue weighted by Crippen LogP contribution is -2.49. The second kappa shape index (κ2) is 14.1. The van der Waals surface area contributed by atoms with Crippen LogP contribution in [0.25, 0.3) is 10.1 Å². The fourth-order valence-electron chi connectivity index (χ4n) is 5.34. The Morgan fingerprint density at radius 3 is 2.52 bits per heavy atom. The molecule has 1 fully saturated rings. The van der Waals surface area contributed by atoms with Gasteiger partial charge in [0.15, 0.2) is 0 Å². The highest BCUT2D eigenvalue weighted by Crippen LogP contribution is 2.40. The molecule has 0 bridgehead atoms. The first-order valence-corrected chi connectivity index (χ1v) is 18.6. The number of thiophene rings is 3. The second-order valence-corrected chi connectivity index (χ2v) is 15.3. The number of anilines is 2. The number of carbonyl (C=O) groups is 2. The van der Waals surface area contributed by atoms with E-state index in [4.69, 9.17) is 4.74 Å². The molecule has 5 aromatic rings. The van der Waals surface area contributed by atoms with Crippen LogP contribution < -0.4 is 9.21 Å². The summed E-state index contributed by atoms with van der Waals surface area (Å²) in [6.45, 7) is 7.93. The van der Waals surface area contributed by atoms with E-state index in [-0.39, 0.29) is 11.9 Å². The molecule has 6 nitrogen and oxygen atoms in total. The van der Waals surface area contributed by atoms with Crippen molar-refractivity contribution >= 4 is 95.2 Å². The van der Waals surface area contributed by atoms with Crippen LogP contribution in [-0.4, -0.2) is 56.1 Å². The Hall–Kier alpha value is -2.83. The van der Waals surface area contributed by atoms with Gasteiger partial charge in [0.05, 0.1) is 18.0 Å². The Balaban J connectivity index is 1.25. The van der Waals surface area contributed by atoms with Crippen LogP contribution in [0.4, 0.5) is 11.4 Å². The quantitative estimate of drug-likeness (QED) is 0.106. The fourth-order valence-corrected chi connectivity index (χ4v) is 9.62. The normalized spacial score (nSPS) is 13.4. The molecule has 0 unspecified atom stereocenters. The van der Waals surface area contributed by atoms with E-state index < -0.39 is 0 Å². The summed E-state index contributed by atoms with van der Waals surface area (Å²) in [4.78, 5) is 34.0. The van der Waals surface area contributed by atoms with Crippen molar-refractivity contribution in [2.75, 3.05) is 48.5 Å². The predicted molar refractivity (Wildman–Crippen MR) is 190 cm³/mol. The molecule has 1 aliphatic rings. The minimum absolute atomic E-state index is 0.0955. The molecular weight excluding hydrogens is 695 g/mol. The van der Waals surface area contributed by atoms with E-state index in [2.05, 4.69) is 85.1 Å². The summed E-state index contributed by atoms with van der Waals surface area (Å²) in [5.74, 6) is -0.158. The van der Waals surface area contributed by atoms with Crippen LogP contribution in [0.5, 0.6) is 0 Å². The van der Waals surface area contributed by atoms with Crippen molar-refractivity contribution in [2.45, 2.75) is 25.2 Å². The van der Waals surface area contributed by atoms with Crippen molar-refractivity contribution in [3.63, 3.8) is 0 Å². The van der Waals surface area contributed by atoms with Crippen LogP contribution >= 0.6 is 61.9 Å². The smallest absolute Gasteiger partial charge is 0.348 e. The predicted octanol–water partition coefficient (Wildman–Crippen LogP) is 8.99. The maximum atomic E-state index is 13.1. The van der Waals surface area contributed by atoms with Gasteiger partial charge in [0.1, 0.15) is 9.75 Å². The number of aryl methyl sites for hydroxylation is 1. The number of ether oxygens (including phenoxy) is 1. The third-order valence-electron chi connectivity index (χ3n) is 7.59. The van der Waals surface area contributed by atoms with E-state index >= 15 is 0 Å². The number of piperazine rings is 1. The molecule has 1 saturated heterocycles. The molecule has 228 valence electrons. The summed E-state index contributed by atoms with van der Waals surface area (Å²) in [5, 5.41) is 5.17. The topological polar surface area (TPSA) is 53.1 Å². The van der Waals surface area contributed by atoms with Crippen LogP contribution in [0.2, 0.25) is 0 Å². The first kappa shape index (κ1) is 31.2. The van der Waals surface area contributed by atoms with Gasteiger partial charge < -0.3 is 18.8 Å². The van der Waals surface area contributed by atoms with E-state index in [1.54, 1.807) is 23.3 Å². The van der Waals surface area contributed by atoms with Gasteiger partial charge in [0.2, 0.25) is 0 Å². The van der Waals surface area contributed by atoms with Crippen LogP contribution in [-0.2, 0) is 11.2 Å². The third-order valence-corrected chi connectivity index (χ3v) is 12.7. The Kier molecular flexibility index (Phi) is 9.97. The number of para-hydroxylation sites is 2. The highest BCUT2D eigenvalue weighted by Gasteiger charge is 2.27. The molecule has 11 heteroatoms. The van der Waals surface area contributed by atoms with Gasteiger partial charge in [-0.3, -0.25) is 4.79 Å². The van der Waals surface area contributed by atoms with Gasteiger partial charge >= 0.3 is 5.97 Å². The van der Waals surface area contributed by atoms with Gasteiger partial charge in [-0.25, -0.2) is 4.79 Å². The summed E-state index contributed by atoms with van der Waals surface area (Å²) in [6.07, 6.45) is 0.934. The molecule has 0 atom stereocenters. The SMILES string of the molecule is CCOC(=O)c1sc2ccc(SN(CCc3cccs3)c3ccccc3N3CCN(C(=O)c4sccc4Br)CC3)cc2c1C. The molecule has 1 amide bonds. The lowest BCUT2D eigenvalue weighted by atomic mass is 10.1. The highest BCUT2D eigenvalue weighted by molar-refractivity contribution is 9.10. The van der Waals surface area contributed by atoms with E-state index in [1.165, 1.54) is 33.2 Å². The van der Waals surface area contributed by atoms with Crippen molar-refractivity contribution in [3.05, 3.63) is 96.1 Å². The number of esters is 1. The number of nitrogens with zero attached hydrogens (tertiary/aromatic N) is 3. The van der Waals surface area contributed by atoms with Crippen molar-refractivity contribution in [1.29, 1.82) is 0 Å². The molecule has 0 saturated carbocycles. The minimum atomic E-state index is -0.253. The minimum Gasteiger partial charge on any atom is -0.462 e. The molecule has 0 N–H and O–H groups in total. The summed E-state index contributed by atoms with van der Waals surface area (Å²) in [6, 6.07) is 21.3. The number of amides is 1. The largest absolute Gasteiger partial charge is 0.462 e. The summed E-state index contributed by atoms with van der Waals surface area (Å²) >= 11 is 10.0. The van der Waals surface area contributed by atoms with Crippen molar-refractivity contribution in [1.82, 2.24) is 4.90 Å². The lowest BCUT2D eigenvalue weighted by Gasteiger charge is -2.38. The number of fused-ring (bicyclic) bond motifs is 1. The molecule has 44 heavy (non-hydrogen) atoms. The van der Waals surface area contributed by atoms with Crippen molar-refractivity contribution in [2.24, 2.45) is 0 Å². The maximum absolute atomic E-state index is 13.1. The number of halogens is 1. The Labute approximate surface area is 282 Å². The van der Waals surface area contributed by atoms with Crippen LogP contribution in [0.1, 0.15) is 36.7 Å². The molecular formula is C33H32BrN3O3S4. The van der Waals surface area contributed by atoms with E-state index in [0.717, 1.165) is 61.6 Å². The van der Waals surface area contributed by atoms with E-state index in [0.29, 0.717) is 24.6 Å². The van der Waals surface area contributed by atoms with E-state index in [1.807, 2.05) is 30.2 Å². The zero-order valence-corrected chi connectivity index (χ0v) is 29.3. The number of benzene rings is 2. The molecule has 0 radical (unpaired) electrons. The first-order chi connectivity index (χ1) is 21.4. The average Bonchev–Trinajstić information content (AvgIpc) is 3.80. The molecule has 2 aromatic carbocycles. The summed E-state index contributed by atoms with van der Waals surface area (Å²) in [5.41, 5.74) is 3.30. The summed E-state index contributed by atoms with van der Waals surface area (Å²) < 4.78 is 9.65. The molecule has 4 heterocycles. The number of hydrogen-bond acceptors (Lipinski definition) is 9. The lowest BCUT2D eigenvalue weighted by molar-refractivity contribution is 0.0531. The first-order valence-electron chi connectivity index (χ1n) is 14.5. The molecule has 3 aromatic heterocycles. The van der Waals surface area contributed by atoms with Crippen molar-refractivity contribution in [3.8, 4) is 0 Å². The van der Waals surface area contributed by atoms with Gasteiger partial charge in [-0.1, -0.05) is 18.2 Å². The Bertz CT molecular complexity index is 1760. The van der Waals surface area contributed by atoms with Crippen LogP contribution in [0, 0.1) is 6.92 Å². The number of carbonyl (C=O) groups excluding carboxylic acids is 2. The molecule has 6 rings (SSSR count). The monoisotopic (exact) mass is 725 g/mol. The molecule has 0 spiro atoms. The standard InChI is InChI=1S/C33H32BrN3O3S4/c1-3-40-33(39)30-22(2)25-21-24(10-11-29(25)43-30)44-37(14-12-23-7-6-19-41-23)28-9-5-4-8-27(28)35-15-17-36(18-16-35)32(38)31-26(34)13-20-42-31/h4-11,13,19-21H,3,12,14-18H2,1-2H3. The van der Waals surface area contributed by atoms with Gasteiger partial charge in [0.25, 0.3) is 5.91 Å².